The zero-order valence-corrected chi connectivity index (χ0v) is 12.9. The smallest absolute Gasteiger partial charge is 0.223 e. The lowest BCUT2D eigenvalue weighted by Gasteiger charge is -2.50. The van der Waals surface area contributed by atoms with E-state index in [2.05, 4.69) is 17.1 Å². The summed E-state index contributed by atoms with van der Waals surface area (Å²) in [5, 5.41) is 3.26. The van der Waals surface area contributed by atoms with Crippen LogP contribution in [0.2, 0.25) is 0 Å². The molecule has 4 unspecified atom stereocenters. The molecule has 1 amide bonds. The van der Waals surface area contributed by atoms with E-state index in [9.17, 15) is 4.79 Å². The Hall–Kier alpha value is -0.570. The SMILES string of the molecule is CCC1CN2CCC1CC2CNC(=O)C1CCCCC1. The van der Waals surface area contributed by atoms with Crippen LogP contribution in [0.1, 0.15) is 58.3 Å². The van der Waals surface area contributed by atoms with Gasteiger partial charge in [-0.05, 0) is 44.1 Å². The Morgan fingerprint density at radius 1 is 1.20 bits per heavy atom. The molecule has 114 valence electrons. The molecule has 0 radical (unpaired) electrons. The largest absolute Gasteiger partial charge is 0.354 e. The second-order valence-electron chi connectivity index (χ2n) is 7.18. The van der Waals surface area contributed by atoms with Crippen LogP contribution in [0.3, 0.4) is 0 Å². The fourth-order valence-electron chi connectivity index (χ4n) is 4.65. The molecule has 2 bridgehead atoms. The van der Waals surface area contributed by atoms with Crippen molar-refractivity contribution in [3.8, 4) is 0 Å². The first-order valence-corrected chi connectivity index (χ1v) is 8.79. The molecule has 4 rings (SSSR count). The molecule has 0 aromatic carbocycles. The van der Waals surface area contributed by atoms with Gasteiger partial charge in [0.15, 0.2) is 0 Å². The highest BCUT2D eigenvalue weighted by Crippen LogP contribution is 2.37. The van der Waals surface area contributed by atoms with Crippen LogP contribution in [0.15, 0.2) is 0 Å². The number of amides is 1. The topological polar surface area (TPSA) is 32.3 Å². The van der Waals surface area contributed by atoms with Crippen molar-refractivity contribution < 1.29 is 4.79 Å². The molecular formula is C17H30N2O. The summed E-state index contributed by atoms with van der Waals surface area (Å²) >= 11 is 0. The lowest BCUT2D eigenvalue weighted by molar-refractivity contribution is -0.126. The van der Waals surface area contributed by atoms with Gasteiger partial charge in [0.1, 0.15) is 0 Å². The lowest BCUT2D eigenvalue weighted by atomic mass is 9.74. The number of fused-ring (bicyclic) bond motifs is 3. The molecule has 4 fully saturated rings. The number of carbonyl (C=O) groups is 1. The Bertz CT molecular complexity index is 338. The van der Waals surface area contributed by atoms with E-state index in [4.69, 9.17) is 0 Å². The standard InChI is InChI=1S/C17H30N2O/c1-2-13-12-19-9-8-15(13)10-16(19)11-18-17(20)14-6-4-3-5-7-14/h13-16H,2-12H2,1H3,(H,18,20). The number of nitrogens with zero attached hydrogens (tertiary/aromatic N) is 1. The molecule has 3 saturated heterocycles. The molecule has 1 N–H and O–H groups in total. The van der Waals surface area contributed by atoms with Gasteiger partial charge in [-0.3, -0.25) is 9.69 Å². The molecule has 4 atom stereocenters. The van der Waals surface area contributed by atoms with Crippen molar-refractivity contribution in [2.45, 2.75) is 64.3 Å². The molecule has 0 aromatic rings. The summed E-state index contributed by atoms with van der Waals surface area (Å²) in [6.07, 6.45) is 10.0. The third-order valence-corrected chi connectivity index (χ3v) is 6.03. The highest BCUT2D eigenvalue weighted by molar-refractivity contribution is 5.78. The van der Waals surface area contributed by atoms with E-state index in [1.807, 2.05) is 0 Å². The van der Waals surface area contributed by atoms with E-state index in [-0.39, 0.29) is 0 Å². The van der Waals surface area contributed by atoms with Crippen molar-refractivity contribution in [1.29, 1.82) is 0 Å². The molecule has 3 heterocycles. The normalized spacial score (nSPS) is 37.9. The lowest BCUT2D eigenvalue weighted by Crippen LogP contribution is -2.56. The van der Waals surface area contributed by atoms with Gasteiger partial charge in [-0.2, -0.15) is 0 Å². The minimum atomic E-state index is 0.308. The van der Waals surface area contributed by atoms with Gasteiger partial charge in [0.2, 0.25) is 5.91 Å². The Balaban J connectivity index is 1.46. The number of hydrogen-bond acceptors (Lipinski definition) is 2. The molecule has 0 spiro atoms. The first-order valence-electron chi connectivity index (χ1n) is 8.79. The van der Waals surface area contributed by atoms with E-state index < -0.39 is 0 Å². The van der Waals surface area contributed by atoms with Gasteiger partial charge in [-0.15, -0.1) is 0 Å². The van der Waals surface area contributed by atoms with Gasteiger partial charge in [0, 0.05) is 25.0 Å². The maximum absolute atomic E-state index is 12.2. The van der Waals surface area contributed by atoms with Crippen molar-refractivity contribution in [3.63, 3.8) is 0 Å². The maximum Gasteiger partial charge on any atom is 0.223 e. The van der Waals surface area contributed by atoms with Crippen LogP contribution in [0.4, 0.5) is 0 Å². The number of rotatable bonds is 4. The van der Waals surface area contributed by atoms with E-state index in [1.54, 1.807) is 0 Å². The summed E-state index contributed by atoms with van der Waals surface area (Å²) < 4.78 is 0. The molecule has 1 aliphatic carbocycles. The summed E-state index contributed by atoms with van der Waals surface area (Å²) in [4.78, 5) is 14.9. The Morgan fingerprint density at radius 2 is 2.00 bits per heavy atom. The number of nitrogens with one attached hydrogen (secondary N) is 1. The third-order valence-electron chi connectivity index (χ3n) is 6.03. The van der Waals surface area contributed by atoms with Crippen LogP contribution in [-0.2, 0) is 4.79 Å². The van der Waals surface area contributed by atoms with Crippen molar-refractivity contribution in [1.82, 2.24) is 10.2 Å². The van der Waals surface area contributed by atoms with Crippen LogP contribution in [0, 0.1) is 17.8 Å². The zero-order chi connectivity index (χ0) is 13.9. The minimum absolute atomic E-state index is 0.308. The fourth-order valence-corrected chi connectivity index (χ4v) is 4.65. The summed E-state index contributed by atoms with van der Waals surface area (Å²) in [5.74, 6) is 2.47. The summed E-state index contributed by atoms with van der Waals surface area (Å²) in [7, 11) is 0. The Labute approximate surface area is 123 Å². The predicted octanol–water partition coefficient (Wildman–Crippen LogP) is 2.80. The van der Waals surface area contributed by atoms with Gasteiger partial charge in [-0.1, -0.05) is 32.6 Å². The van der Waals surface area contributed by atoms with Crippen molar-refractivity contribution in [3.05, 3.63) is 0 Å². The zero-order valence-electron chi connectivity index (χ0n) is 12.9. The van der Waals surface area contributed by atoms with Crippen LogP contribution < -0.4 is 5.32 Å². The first kappa shape index (κ1) is 14.4. The van der Waals surface area contributed by atoms with Crippen LogP contribution in [0.25, 0.3) is 0 Å². The van der Waals surface area contributed by atoms with E-state index in [0.717, 1.165) is 31.2 Å². The number of carbonyl (C=O) groups excluding carboxylic acids is 1. The maximum atomic E-state index is 12.2. The average Bonchev–Trinajstić information content (AvgIpc) is 2.53. The predicted molar refractivity (Wildman–Crippen MR) is 81.5 cm³/mol. The van der Waals surface area contributed by atoms with Gasteiger partial charge in [0.05, 0.1) is 0 Å². The highest BCUT2D eigenvalue weighted by atomic mass is 16.1. The average molecular weight is 278 g/mol. The van der Waals surface area contributed by atoms with Gasteiger partial charge < -0.3 is 5.32 Å². The van der Waals surface area contributed by atoms with Crippen molar-refractivity contribution >= 4 is 5.91 Å². The summed E-state index contributed by atoms with van der Waals surface area (Å²) in [6.45, 7) is 5.74. The van der Waals surface area contributed by atoms with E-state index in [0.29, 0.717) is 17.9 Å². The van der Waals surface area contributed by atoms with Crippen LogP contribution >= 0.6 is 0 Å². The first-order chi connectivity index (χ1) is 9.78. The van der Waals surface area contributed by atoms with Gasteiger partial charge >= 0.3 is 0 Å². The minimum Gasteiger partial charge on any atom is -0.354 e. The Morgan fingerprint density at radius 3 is 2.65 bits per heavy atom. The molecule has 3 aliphatic heterocycles. The summed E-state index contributed by atoms with van der Waals surface area (Å²) in [6, 6.07) is 0.615. The molecule has 0 aromatic heterocycles. The molecule has 20 heavy (non-hydrogen) atoms. The van der Waals surface area contributed by atoms with E-state index >= 15 is 0 Å². The van der Waals surface area contributed by atoms with Crippen LogP contribution in [0.5, 0.6) is 0 Å². The molecular weight excluding hydrogens is 248 g/mol. The van der Waals surface area contributed by atoms with Crippen molar-refractivity contribution in [2.24, 2.45) is 17.8 Å². The Kier molecular flexibility index (Phi) is 4.65. The second-order valence-corrected chi connectivity index (χ2v) is 7.18. The molecule has 3 heteroatoms. The van der Waals surface area contributed by atoms with Crippen LogP contribution in [-0.4, -0.2) is 36.5 Å². The molecule has 1 saturated carbocycles. The van der Waals surface area contributed by atoms with Gasteiger partial charge in [0.25, 0.3) is 0 Å². The monoisotopic (exact) mass is 278 g/mol. The summed E-state index contributed by atoms with van der Waals surface area (Å²) in [5.41, 5.74) is 0. The number of piperidine rings is 3. The second kappa shape index (κ2) is 6.46. The van der Waals surface area contributed by atoms with Gasteiger partial charge in [-0.25, -0.2) is 0 Å². The third kappa shape index (κ3) is 3.03. The fraction of sp³-hybridized carbons (Fsp3) is 0.941. The number of hydrogen-bond donors (Lipinski definition) is 1. The van der Waals surface area contributed by atoms with E-state index in [1.165, 1.54) is 51.6 Å². The van der Waals surface area contributed by atoms with Crippen molar-refractivity contribution in [2.75, 3.05) is 19.6 Å². The molecule has 3 nitrogen and oxygen atoms in total. The highest BCUT2D eigenvalue weighted by Gasteiger charge is 2.39. The molecule has 4 aliphatic rings. The quantitative estimate of drug-likeness (QED) is 0.857.